The summed E-state index contributed by atoms with van der Waals surface area (Å²) < 4.78 is 16.2. The van der Waals surface area contributed by atoms with Crippen molar-refractivity contribution in [3.63, 3.8) is 0 Å². The Morgan fingerprint density at radius 1 is 1.27 bits per heavy atom. The Hall–Kier alpha value is -2.34. The third-order valence-corrected chi connectivity index (χ3v) is 3.79. The molecule has 0 saturated carbocycles. The van der Waals surface area contributed by atoms with Crippen LogP contribution in [0.15, 0.2) is 33.5 Å². The van der Waals surface area contributed by atoms with E-state index in [4.69, 9.17) is 13.9 Å². The molecule has 6 heteroatoms. The molecule has 0 bridgehead atoms. The molecule has 0 atom stereocenters. The second-order valence-electron chi connectivity index (χ2n) is 6.41. The van der Waals surface area contributed by atoms with E-state index in [-0.39, 0.29) is 24.2 Å². The maximum atomic E-state index is 11.8. The van der Waals surface area contributed by atoms with E-state index in [1.54, 1.807) is 12.1 Å². The van der Waals surface area contributed by atoms with Gasteiger partial charge in [0.05, 0.1) is 6.10 Å². The molecule has 1 heterocycles. The molecule has 2 aromatic rings. The van der Waals surface area contributed by atoms with Crippen LogP contribution in [0.2, 0.25) is 0 Å². The first-order valence-corrected chi connectivity index (χ1v) is 9.07. The summed E-state index contributed by atoms with van der Waals surface area (Å²) in [7, 11) is 0. The summed E-state index contributed by atoms with van der Waals surface area (Å²) in [6, 6.07) is 6.83. The maximum Gasteiger partial charge on any atom is 0.336 e. The predicted octanol–water partition coefficient (Wildman–Crippen LogP) is 3.06. The molecule has 142 valence electrons. The molecule has 1 N–H and O–H groups in total. The highest BCUT2D eigenvalue weighted by Gasteiger charge is 2.08. The molecule has 0 aliphatic carbocycles. The fraction of sp³-hybridized carbons (Fsp3) is 0.500. The predicted molar refractivity (Wildman–Crippen MR) is 101 cm³/mol. The maximum absolute atomic E-state index is 11.8. The molecule has 1 aromatic carbocycles. The Morgan fingerprint density at radius 3 is 2.81 bits per heavy atom. The van der Waals surface area contributed by atoms with Crippen molar-refractivity contribution in [2.45, 2.75) is 46.1 Å². The van der Waals surface area contributed by atoms with Crippen molar-refractivity contribution in [2.75, 3.05) is 19.8 Å². The molecular weight excluding hydrogens is 334 g/mol. The van der Waals surface area contributed by atoms with Crippen LogP contribution in [0.5, 0.6) is 5.75 Å². The molecule has 2 rings (SSSR count). The monoisotopic (exact) mass is 361 g/mol. The minimum Gasteiger partial charge on any atom is -0.484 e. The van der Waals surface area contributed by atoms with Gasteiger partial charge < -0.3 is 19.2 Å². The second kappa shape index (κ2) is 9.97. The smallest absolute Gasteiger partial charge is 0.336 e. The number of fused-ring (bicyclic) bond motifs is 1. The summed E-state index contributed by atoms with van der Waals surface area (Å²) in [5.41, 5.74) is 1.07. The van der Waals surface area contributed by atoms with Crippen molar-refractivity contribution in [1.82, 2.24) is 5.32 Å². The Morgan fingerprint density at radius 2 is 2.08 bits per heavy atom. The minimum absolute atomic E-state index is 0.0879. The first-order chi connectivity index (χ1) is 12.5. The van der Waals surface area contributed by atoms with E-state index in [1.165, 1.54) is 6.07 Å². The summed E-state index contributed by atoms with van der Waals surface area (Å²) in [6.45, 7) is 7.08. The molecule has 0 unspecified atom stereocenters. The van der Waals surface area contributed by atoms with Crippen molar-refractivity contribution < 1.29 is 18.7 Å². The number of aryl methyl sites for hydroxylation is 1. The van der Waals surface area contributed by atoms with E-state index in [2.05, 4.69) is 12.2 Å². The average Bonchev–Trinajstić information content (AvgIpc) is 2.59. The van der Waals surface area contributed by atoms with Gasteiger partial charge in [0.25, 0.3) is 5.91 Å². The third-order valence-electron chi connectivity index (χ3n) is 3.79. The lowest BCUT2D eigenvalue weighted by Gasteiger charge is -2.10. The summed E-state index contributed by atoms with van der Waals surface area (Å²) in [6.07, 6.45) is 2.70. The molecule has 26 heavy (non-hydrogen) atoms. The first-order valence-electron chi connectivity index (χ1n) is 9.07. The van der Waals surface area contributed by atoms with Gasteiger partial charge in [-0.3, -0.25) is 4.79 Å². The van der Waals surface area contributed by atoms with Gasteiger partial charge in [0.15, 0.2) is 6.61 Å². The Kier molecular flexibility index (Phi) is 7.66. The van der Waals surface area contributed by atoms with Crippen molar-refractivity contribution in [3.05, 3.63) is 40.2 Å². The zero-order chi connectivity index (χ0) is 18.9. The fourth-order valence-electron chi connectivity index (χ4n) is 2.60. The highest BCUT2D eigenvalue weighted by atomic mass is 16.5. The molecule has 0 radical (unpaired) electrons. The number of benzene rings is 1. The van der Waals surface area contributed by atoms with Crippen LogP contribution in [-0.2, 0) is 16.0 Å². The molecule has 0 fully saturated rings. The molecule has 0 aliphatic rings. The van der Waals surface area contributed by atoms with Gasteiger partial charge in [-0.1, -0.05) is 13.3 Å². The summed E-state index contributed by atoms with van der Waals surface area (Å²) >= 11 is 0. The van der Waals surface area contributed by atoms with Gasteiger partial charge in [-0.2, -0.15) is 0 Å². The van der Waals surface area contributed by atoms with E-state index in [1.807, 2.05) is 19.9 Å². The van der Waals surface area contributed by atoms with Gasteiger partial charge in [0.1, 0.15) is 11.3 Å². The van der Waals surface area contributed by atoms with Crippen LogP contribution >= 0.6 is 0 Å². The number of hydrogen-bond acceptors (Lipinski definition) is 5. The highest BCUT2D eigenvalue weighted by molar-refractivity contribution is 5.82. The Bertz CT molecular complexity index is 781. The quantitative estimate of drug-likeness (QED) is 0.520. The molecule has 0 spiro atoms. The Balaban J connectivity index is 1.88. The van der Waals surface area contributed by atoms with Crippen LogP contribution < -0.4 is 15.7 Å². The number of carbonyl (C=O) groups excluding carboxylic acids is 1. The lowest BCUT2D eigenvalue weighted by atomic mass is 10.1. The van der Waals surface area contributed by atoms with E-state index >= 15 is 0 Å². The number of amides is 1. The standard InChI is InChI=1S/C20H27NO5/c1-4-6-15-11-20(23)26-18-12-16(7-8-17(15)18)25-13-19(22)21-9-5-10-24-14(2)3/h7-8,11-12,14H,4-6,9-10,13H2,1-3H3,(H,21,22). The van der Waals surface area contributed by atoms with Gasteiger partial charge >= 0.3 is 5.63 Å². The van der Waals surface area contributed by atoms with E-state index in [0.29, 0.717) is 24.5 Å². The zero-order valence-corrected chi connectivity index (χ0v) is 15.7. The molecule has 0 aliphatic heterocycles. The van der Waals surface area contributed by atoms with Crippen LogP contribution in [0.4, 0.5) is 0 Å². The van der Waals surface area contributed by atoms with Crippen LogP contribution in [0.3, 0.4) is 0 Å². The molecule has 6 nitrogen and oxygen atoms in total. The van der Waals surface area contributed by atoms with Crippen LogP contribution in [0, 0.1) is 0 Å². The fourth-order valence-corrected chi connectivity index (χ4v) is 2.60. The summed E-state index contributed by atoms with van der Waals surface area (Å²) in [5.74, 6) is 0.295. The SMILES string of the molecule is CCCc1cc(=O)oc2cc(OCC(=O)NCCCOC(C)C)ccc12. The summed E-state index contributed by atoms with van der Waals surface area (Å²) in [4.78, 5) is 23.5. The molecule has 1 amide bonds. The van der Waals surface area contributed by atoms with E-state index < -0.39 is 0 Å². The van der Waals surface area contributed by atoms with Crippen molar-refractivity contribution in [3.8, 4) is 5.75 Å². The minimum atomic E-state index is -0.376. The number of carbonyl (C=O) groups is 1. The number of ether oxygens (including phenoxy) is 2. The van der Waals surface area contributed by atoms with Gasteiger partial charge in [0, 0.05) is 30.7 Å². The van der Waals surface area contributed by atoms with Gasteiger partial charge in [-0.25, -0.2) is 4.79 Å². The zero-order valence-electron chi connectivity index (χ0n) is 15.7. The number of hydrogen-bond donors (Lipinski definition) is 1. The third kappa shape index (κ3) is 6.19. The lowest BCUT2D eigenvalue weighted by Crippen LogP contribution is -2.30. The van der Waals surface area contributed by atoms with Crippen LogP contribution in [-0.4, -0.2) is 31.8 Å². The Labute approximate surface area is 153 Å². The normalized spacial score (nSPS) is 11.1. The highest BCUT2D eigenvalue weighted by Crippen LogP contribution is 2.23. The number of nitrogens with one attached hydrogen (secondary N) is 1. The van der Waals surface area contributed by atoms with E-state index in [9.17, 15) is 9.59 Å². The van der Waals surface area contributed by atoms with Gasteiger partial charge in [-0.05, 0) is 44.4 Å². The lowest BCUT2D eigenvalue weighted by molar-refractivity contribution is -0.123. The summed E-state index contributed by atoms with van der Waals surface area (Å²) in [5, 5.41) is 3.68. The first kappa shape index (κ1) is 20.0. The van der Waals surface area contributed by atoms with E-state index in [0.717, 1.165) is 30.2 Å². The molecule has 1 aromatic heterocycles. The molecule has 0 saturated heterocycles. The van der Waals surface area contributed by atoms with Crippen LogP contribution in [0.25, 0.3) is 11.0 Å². The topological polar surface area (TPSA) is 77.8 Å². The largest absolute Gasteiger partial charge is 0.484 e. The van der Waals surface area contributed by atoms with Crippen molar-refractivity contribution in [2.24, 2.45) is 0 Å². The average molecular weight is 361 g/mol. The van der Waals surface area contributed by atoms with Crippen molar-refractivity contribution >= 4 is 16.9 Å². The van der Waals surface area contributed by atoms with Gasteiger partial charge in [0.2, 0.25) is 0 Å². The molecular formula is C20H27NO5. The van der Waals surface area contributed by atoms with Crippen molar-refractivity contribution in [1.29, 1.82) is 0 Å². The number of rotatable bonds is 10. The van der Waals surface area contributed by atoms with Gasteiger partial charge in [-0.15, -0.1) is 0 Å². The van der Waals surface area contributed by atoms with Crippen LogP contribution in [0.1, 0.15) is 39.2 Å². The second-order valence-corrected chi connectivity index (χ2v) is 6.41.